The standard InChI is InChI=1S/C5H5N2OPS/c8-5-6-3-1-10-2-4(3)7(5)9/h1-2H,9H2,(H,6,8). The van der Waals surface area contributed by atoms with E-state index in [4.69, 9.17) is 0 Å². The van der Waals surface area contributed by atoms with E-state index in [0.717, 1.165) is 11.0 Å². The highest BCUT2D eigenvalue weighted by atomic mass is 32.1. The van der Waals surface area contributed by atoms with Gasteiger partial charge in [0.25, 0.3) is 0 Å². The highest BCUT2D eigenvalue weighted by Gasteiger charge is 2.01. The molecule has 0 spiro atoms. The topological polar surface area (TPSA) is 37.8 Å². The summed E-state index contributed by atoms with van der Waals surface area (Å²) in [5.41, 5.74) is 1.77. The average molecular weight is 172 g/mol. The van der Waals surface area contributed by atoms with Crippen molar-refractivity contribution in [2.45, 2.75) is 0 Å². The van der Waals surface area contributed by atoms with E-state index < -0.39 is 0 Å². The minimum atomic E-state index is -0.0807. The van der Waals surface area contributed by atoms with Crippen LogP contribution in [-0.2, 0) is 0 Å². The van der Waals surface area contributed by atoms with Gasteiger partial charge in [0.1, 0.15) is 0 Å². The Labute approximate surface area is 62.9 Å². The number of imidazole rings is 1. The van der Waals surface area contributed by atoms with Gasteiger partial charge >= 0.3 is 5.69 Å². The molecule has 0 saturated carbocycles. The summed E-state index contributed by atoms with van der Waals surface area (Å²) in [6.07, 6.45) is 0. The number of aromatic nitrogens is 2. The second-order valence-corrected chi connectivity index (χ2v) is 3.23. The predicted molar refractivity (Wildman–Crippen MR) is 45.5 cm³/mol. The number of hydrogen-bond donors (Lipinski definition) is 1. The van der Waals surface area contributed by atoms with E-state index in [9.17, 15) is 4.79 Å². The van der Waals surface area contributed by atoms with Gasteiger partial charge in [-0.3, -0.25) is 4.34 Å². The van der Waals surface area contributed by atoms with Crippen molar-refractivity contribution in [2.24, 2.45) is 0 Å². The molecule has 1 unspecified atom stereocenters. The molecule has 2 aromatic rings. The summed E-state index contributed by atoms with van der Waals surface area (Å²) in [5.74, 6) is 0. The van der Waals surface area contributed by atoms with E-state index in [1.807, 2.05) is 10.8 Å². The number of thiophene rings is 1. The molecule has 0 amide bonds. The predicted octanol–water partition coefficient (Wildman–Crippen LogP) is 1.03. The van der Waals surface area contributed by atoms with Gasteiger partial charge in [-0.15, -0.1) is 11.3 Å². The lowest BCUT2D eigenvalue weighted by atomic mass is 10.5. The van der Waals surface area contributed by atoms with Gasteiger partial charge in [0.05, 0.1) is 11.0 Å². The van der Waals surface area contributed by atoms with E-state index in [1.165, 1.54) is 4.34 Å². The zero-order chi connectivity index (χ0) is 7.14. The van der Waals surface area contributed by atoms with Crippen molar-refractivity contribution in [2.75, 3.05) is 0 Å². The Morgan fingerprint density at radius 2 is 2.40 bits per heavy atom. The van der Waals surface area contributed by atoms with Crippen molar-refractivity contribution in [3.8, 4) is 0 Å². The quantitative estimate of drug-likeness (QED) is 0.592. The average Bonchev–Trinajstić information content (AvgIpc) is 2.41. The summed E-state index contributed by atoms with van der Waals surface area (Å²) in [4.78, 5) is 13.6. The van der Waals surface area contributed by atoms with Gasteiger partial charge in [0.2, 0.25) is 0 Å². The molecule has 1 atom stereocenters. The first-order valence-electron chi connectivity index (χ1n) is 2.71. The second-order valence-electron chi connectivity index (χ2n) is 1.97. The highest BCUT2D eigenvalue weighted by Crippen LogP contribution is 2.15. The van der Waals surface area contributed by atoms with E-state index in [-0.39, 0.29) is 5.69 Å². The third kappa shape index (κ3) is 0.662. The lowest BCUT2D eigenvalue weighted by molar-refractivity contribution is 1.15. The number of aromatic amines is 1. The lowest BCUT2D eigenvalue weighted by Crippen LogP contribution is -2.06. The number of nitrogens with zero attached hydrogens (tertiary/aromatic N) is 1. The fraction of sp³-hybridized carbons (Fsp3) is 0. The first-order chi connectivity index (χ1) is 4.79. The molecule has 1 N–H and O–H groups in total. The SMILES string of the molecule is O=c1[nH]c2cscc2n1P. The van der Waals surface area contributed by atoms with Crippen molar-refractivity contribution in [3.05, 3.63) is 21.2 Å². The maximum Gasteiger partial charge on any atom is 0.329 e. The van der Waals surface area contributed by atoms with Crippen LogP contribution in [0.4, 0.5) is 0 Å². The van der Waals surface area contributed by atoms with Crippen LogP contribution in [0.5, 0.6) is 0 Å². The summed E-state index contributed by atoms with van der Waals surface area (Å²) >= 11 is 1.58. The molecule has 0 aliphatic carbocycles. The van der Waals surface area contributed by atoms with Gasteiger partial charge in [0, 0.05) is 10.8 Å². The van der Waals surface area contributed by atoms with Crippen molar-refractivity contribution in [1.82, 2.24) is 9.32 Å². The van der Waals surface area contributed by atoms with Gasteiger partial charge in [-0.1, -0.05) is 0 Å². The summed E-state index contributed by atoms with van der Waals surface area (Å²) in [7, 11) is 2.36. The number of rotatable bonds is 0. The van der Waals surface area contributed by atoms with Crippen LogP contribution in [0, 0.1) is 0 Å². The van der Waals surface area contributed by atoms with Crippen molar-refractivity contribution in [3.63, 3.8) is 0 Å². The lowest BCUT2D eigenvalue weighted by Gasteiger charge is -1.82. The smallest absolute Gasteiger partial charge is 0.305 e. The zero-order valence-electron chi connectivity index (χ0n) is 5.00. The Hall–Kier alpha value is -0.600. The first-order valence-corrected chi connectivity index (χ1v) is 4.17. The van der Waals surface area contributed by atoms with Gasteiger partial charge < -0.3 is 4.98 Å². The molecule has 2 heterocycles. The molecule has 0 saturated heterocycles. The summed E-state index contributed by atoms with van der Waals surface area (Å²) in [6.45, 7) is 0. The Balaban J connectivity index is 3.09. The molecule has 52 valence electrons. The molecule has 0 fully saturated rings. The van der Waals surface area contributed by atoms with Crippen LogP contribution in [0.15, 0.2) is 15.6 Å². The highest BCUT2D eigenvalue weighted by molar-refractivity contribution is 7.15. The van der Waals surface area contributed by atoms with Crippen LogP contribution < -0.4 is 5.69 Å². The summed E-state index contributed by atoms with van der Waals surface area (Å²) in [5, 5.41) is 3.84. The fourth-order valence-electron chi connectivity index (χ4n) is 0.855. The normalized spacial score (nSPS) is 10.9. The molecule has 2 rings (SSSR count). The maximum atomic E-state index is 10.9. The third-order valence-electron chi connectivity index (χ3n) is 1.36. The fourth-order valence-corrected chi connectivity index (χ4v) is 1.99. The number of nitrogens with one attached hydrogen (secondary N) is 1. The first kappa shape index (κ1) is 6.13. The molecular formula is C5H5N2OPS. The third-order valence-corrected chi connectivity index (χ3v) is 2.61. The largest absolute Gasteiger partial charge is 0.329 e. The molecule has 0 radical (unpaired) electrons. The van der Waals surface area contributed by atoms with Crippen LogP contribution >= 0.6 is 20.7 Å². The van der Waals surface area contributed by atoms with Crippen LogP contribution in [-0.4, -0.2) is 9.32 Å². The van der Waals surface area contributed by atoms with Gasteiger partial charge in [-0.05, 0) is 9.39 Å². The van der Waals surface area contributed by atoms with Gasteiger partial charge in [-0.2, -0.15) is 0 Å². The molecule has 5 heteroatoms. The summed E-state index contributed by atoms with van der Waals surface area (Å²) in [6, 6.07) is 0. The van der Waals surface area contributed by atoms with Gasteiger partial charge in [0.15, 0.2) is 0 Å². The Kier molecular flexibility index (Phi) is 1.19. The Morgan fingerprint density at radius 3 is 3.10 bits per heavy atom. The Morgan fingerprint density at radius 1 is 1.60 bits per heavy atom. The van der Waals surface area contributed by atoms with E-state index in [1.54, 1.807) is 11.3 Å². The molecular weight excluding hydrogens is 167 g/mol. The minimum absolute atomic E-state index is 0.0807. The molecule has 0 bridgehead atoms. The molecule has 0 aromatic carbocycles. The van der Waals surface area contributed by atoms with Crippen LogP contribution in [0.2, 0.25) is 0 Å². The van der Waals surface area contributed by atoms with E-state index >= 15 is 0 Å². The molecule has 0 aliphatic rings. The van der Waals surface area contributed by atoms with Crippen molar-refractivity contribution < 1.29 is 0 Å². The van der Waals surface area contributed by atoms with E-state index in [0.29, 0.717) is 0 Å². The maximum absolute atomic E-state index is 10.9. The van der Waals surface area contributed by atoms with Crippen LogP contribution in [0.1, 0.15) is 0 Å². The van der Waals surface area contributed by atoms with Crippen molar-refractivity contribution in [1.29, 1.82) is 0 Å². The number of H-pyrrole nitrogens is 1. The Bertz CT molecular complexity index is 412. The number of fused-ring (bicyclic) bond motifs is 1. The summed E-state index contributed by atoms with van der Waals surface area (Å²) < 4.78 is 1.52. The second kappa shape index (κ2) is 1.94. The zero-order valence-corrected chi connectivity index (χ0v) is 6.97. The molecule has 2 aromatic heterocycles. The molecule has 0 aliphatic heterocycles. The monoisotopic (exact) mass is 172 g/mol. The molecule has 10 heavy (non-hydrogen) atoms. The minimum Gasteiger partial charge on any atom is -0.305 e. The van der Waals surface area contributed by atoms with Crippen molar-refractivity contribution >= 4 is 31.8 Å². The number of hydrogen-bond acceptors (Lipinski definition) is 2. The van der Waals surface area contributed by atoms with Gasteiger partial charge in [-0.25, -0.2) is 4.79 Å². The van der Waals surface area contributed by atoms with E-state index in [2.05, 4.69) is 14.4 Å². The molecule has 3 nitrogen and oxygen atoms in total. The van der Waals surface area contributed by atoms with Crippen LogP contribution in [0.25, 0.3) is 11.0 Å². The van der Waals surface area contributed by atoms with Crippen LogP contribution in [0.3, 0.4) is 0 Å².